The number of hydrogen-bond acceptors (Lipinski definition) is 3. The number of rotatable bonds is 5. The van der Waals surface area contributed by atoms with E-state index < -0.39 is 11.9 Å². The summed E-state index contributed by atoms with van der Waals surface area (Å²) in [5.74, 6) is 0.116. The van der Waals surface area contributed by atoms with Gasteiger partial charge in [0.2, 0.25) is 5.91 Å². The maximum Gasteiger partial charge on any atom is 0.274 e. The van der Waals surface area contributed by atoms with Crippen molar-refractivity contribution in [3.05, 3.63) is 60.0 Å². The number of nitrogens with zero attached hydrogens (tertiary/aromatic N) is 2. The Balaban J connectivity index is 1.62. The second-order valence-electron chi connectivity index (χ2n) is 7.26. The molecule has 1 aliphatic heterocycles. The minimum Gasteiger partial charge on any atom is -0.340 e. The lowest BCUT2D eigenvalue weighted by Crippen LogP contribution is -2.57. The predicted molar refractivity (Wildman–Crippen MR) is 104 cm³/mol. The van der Waals surface area contributed by atoms with Gasteiger partial charge in [-0.2, -0.15) is 0 Å². The molecular weight excluding hydrogens is 359 g/mol. The molecule has 0 aliphatic carbocycles. The van der Waals surface area contributed by atoms with Crippen LogP contribution >= 0.6 is 0 Å². The maximum absolute atomic E-state index is 13.1. The molecule has 148 valence electrons. The van der Waals surface area contributed by atoms with E-state index in [1.807, 2.05) is 38.2 Å². The Labute approximate surface area is 164 Å². The highest BCUT2D eigenvalue weighted by molar-refractivity contribution is 5.97. The van der Waals surface area contributed by atoms with Gasteiger partial charge in [-0.15, -0.1) is 0 Å². The Morgan fingerprint density at radius 1 is 1.04 bits per heavy atom. The monoisotopic (exact) mass is 385 g/mol. The SMILES string of the molecule is CC(C)[C@@H](NC(=O)c1ccc(F)cc1)C(=O)N1CCN(c2cccc[nH+]2)CC1. The van der Waals surface area contributed by atoms with Crippen LogP contribution in [0.15, 0.2) is 48.7 Å². The molecule has 2 heterocycles. The molecule has 0 bridgehead atoms. The largest absolute Gasteiger partial charge is 0.340 e. The number of H-pyrrole nitrogens is 1. The quantitative estimate of drug-likeness (QED) is 0.853. The van der Waals surface area contributed by atoms with Crippen molar-refractivity contribution in [1.82, 2.24) is 10.2 Å². The molecule has 0 saturated carbocycles. The van der Waals surface area contributed by atoms with Gasteiger partial charge in [-0.1, -0.05) is 19.9 Å². The molecule has 1 fully saturated rings. The van der Waals surface area contributed by atoms with Crippen LogP contribution in [-0.4, -0.2) is 48.9 Å². The molecular formula is C21H26FN4O2+. The lowest BCUT2D eigenvalue weighted by molar-refractivity contribution is -0.364. The van der Waals surface area contributed by atoms with Gasteiger partial charge in [0.25, 0.3) is 11.7 Å². The van der Waals surface area contributed by atoms with Gasteiger partial charge in [-0.3, -0.25) is 14.5 Å². The number of hydrogen-bond donors (Lipinski definition) is 1. The maximum atomic E-state index is 13.1. The van der Waals surface area contributed by atoms with Crippen LogP contribution < -0.4 is 15.2 Å². The summed E-state index contributed by atoms with van der Waals surface area (Å²) in [6.07, 6.45) is 1.88. The van der Waals surface area contributed by atoms with E-state index in [9.17, 15) is 14.0 Å². The highest BCUT2D eigenvalue weighted by atomic mass is 19.1. The summed E-state index contributed by atoms with van der Waals surface area (Å²) < 4.78 is 13.1. The minimum absolute atomic E-state index is 0.0580. The Kier molecular flexibility index (Phi) is 6.23. The number of piperazine rings is 1. The van der Waals surface area contributed by atoms with Crippen LogP contribution in [0.3, 0.4) is 0 Å². The number of carbonyl (C=O) groups excluding carboxylic acids is 2. The number of carbonyl (C=O) groups is 2. The predicted octanol–water partition coefficient (Wildman–Crippen LogP) is 1.74. The third kappa shape index (κ3) is 4.65. The number of nitrogens with one attached hydrogen (secondary N) is 2. The fraction of sp³-hybridized carbons (Fsp3) is 0.381. The first-order chi connectivity index (χ1) is 13.5. The van der Waals surface area contributed by atoms with E-state index in [1.54, 1.807) is 4.90 Å². The minimum atomic E-state index is -0.618. The zero-order valence-electron chi connectivity index (χ0n) is 16.2. The second kappa shape index (κ2) is 8.82. The van der Waals surface area contributed by atoms with Gasteiger partial charge in [0.1, 0.15) is 24.9 Å². The zero-order valence-corrected chi connectivity index (χ0v) is 16.2. The van der Waals surface area contributed by atoms with Crippen molar-refractivity contribution in [2.45, 2.75) is 19.9 Å². The molecule has 2 aromatic rings. The number of pyridine rings is 1. The van der Waals surface area contributed by atoms with Gasteiger partial charge in [-0.05, 0) is 36.2 Å². The number of amides is 2. The van der Waals surface area contributed by atoms with E-state index in [-0.39, 0.29) is 17.7 Å². The molecule has 2 amide bonds. The summed E-state index contributed by atoms with van der Waals surface area (Å²) in [6.45, 7) is 6.45. The van der Waals surface area contributed by atoms with Crippen LogP contribution in [-0.2, 0) is 4.79 Å². The zero-order chi connectivity index (χ0) is 20.1. The molecule has 0 radical (unpaired) electrons. The number of anilines is 1. The molecule has 6 nitrogen and oxygen atoms in total. The van der Waals surface area contributed by atoms with E-state index in [1.165, 1.54) is 24.3 Å². The molecule has 1 aromatic carbocycles. The van der Waals surface area contributed by atoms with Crippen LogP contribution in [0, 0.1) is 11.7 Å². The first-order valence-electron chi connectivity index (χ1n) is 9.52. The lowest BCUT2D eigenvalue weighted by atomic mass is 10.0. The number of benzene rings is 1. The highest BCUT2D eigenvalue weighted by Crippen LogP contribution is 2.14. The van der Waals surface area contributed by atoms with E-state index in [0.717, 1.165) is 18.9 Å². The summed E-state index contributed by atoms with van der Waals surface area (Å²) in [5, 5.41) is 2.82. The number of aromatic amines is 1. The van der Waals surface area contributed by atoms with Crippen molar-refractivity contribution in [2.75, 3.05) is 31.1 Å². The molecule has 1 saturated heterocycles. The van der Waals surface area contributed by atoms with Gasteiger partial charge in [0.05, 0.1) is 19.3 Å². The van der Waals surface area contributed by atoms with E-state index in [4.69, 9.17) is 0 Å². The molecule has 1 atom stereocenters. The fourth-order valence-electron chi connectivity index (χ4n) is 3.28. The van der Waals surface area contributed by atoms with Crippen LogP contribution in [0.25, 0.3) is 0 Å². The van der Waals surface area contributed by atoms with Crippen LogP contribution in [0.4, 0.5) is 10.2 Å². The Morgan fingerprint density at radius 3 is 2.29 bits per heavy atom. The van der Waals surface area contributed by atoms with Crippen molar-refractivity contribution in [3.63, 3.8) is 0 Å². The summed E-state index contributed by atoms with van der Waals surface area (Å²) in [7, 11) is 0. The van der Waals surface area contributed by atoms with Crippen molar-refractivity contribution < 1.29 is 19.0 Å². The molecule has 1 aromatic heterocycles. The smallest absolute Gasteiger partial charge is 0.274 e. The van der Waals surface area contributed by atoms with Gasteiger partial charge < -0.3 is 10.2 Å². The number of halogens is 1. The molecule has 1 aliphatic rings. The van der Waals surface area contributed by atoms with Crippen molar-refractivity contribution >= 4 is 17.6 Å². The molecule has 0 spiro atoms. The Morgan fingerprint density at radius 2 is 1.71 bits per heavy atom. The third-order valence-corrected chi connectivity index (χ3v) is 4.95. The van der Waals surface area contributed by atoms with Gasteiger partial charge >= 0.3 is 0 Å². The Bertz CT molecular complexity index is 803. The third-order valence-electron chi connectivity index (χ3n) is 4.95. The first kappa shape index (κ1) is 19.8. The molecule has 2 N–H and O–H groups in total. The average molecular weight is 385 g/mol. The normalized spacial score (nSPS) is 15.4. The highest BCUT2D eigenvalue weighted by Gasteiger charge is 2.32. The Hall–Kier alpha value is -2.96. The average Bonchev–Trinajstić information content (AvgIpc) is 2.72. The number of aromatic nitrogens is 1. The van der Waals surface area contributed by atoms with Crippen LogP contribution in [0.2, 0.25) is 0 Å². The standard InChI is InChI=1S/C21H25FN4O2/c1-15(2)19(24-20(27)16-6-8-17(22)9-7-16)21(28)26-13-11-25(12-14-26)18-5-3-4-10-23-18/h3-10,15,19H,11-14H2,1-2H3,(H,24,27)/p+1/t19-/m1/s1. The summed E-state index contributed by atoms with van der Waals surface area (Å²) >= 11 is 0. The van der Waals surface area contributed by atoms with E-state index in [0.29, 0.717) is 18.7 Å². The summed E-state index contributed by atoms with van der Waals surface area (Å²) in [6, 6.07) is 10.6. The topological polar surface area (TPSA) is 66.8 Å². The lowest BCUT2D eigenvalue weighted by Gasteiger charge is -2.34. The van der Waals surface area contributed by atoms with Crippen molar-refractivity contribution in [2.24, 2.45) is 5.92 Å². The molecule has 7 heteroatoms. The van der Waals surface area contributed by atoms with Gasteiger partial charge in [-0.25, -0.2) is 9.37 Å². The van der Waals surface area contributed by atoms with Crippen molar-refractivity contribution in [3.8, 4) is 0 Å². The second-order valence-corrected chi connectivity index (χ2v) is 7.26. The van der Waals surface area contributed by atoms with E-state index in [2.05, 4.69) is 15.2 Å². The van der Waals surface area contributed by atoms with Gasteiger partial charge in [0, 0.05) is 11.6 Å². The molecule has 0 unspecified atom stereocenters. The fourth-order valence-corrected chi connectivity index (χ4v) is 3.28. The molecule has 3 rings (SSSR count). The van der Waals surface area contributed by atoms with Crippen LogP contribution in [0.1, 0.15) is 24.2 Å². The van der Waals surface area contributed by atoms with E-state index >= 15 is 0 Å². The summed E-state index contributed by atoms with van der Waals surface area (Å²) in [5.41, 5.74) is 0.337. The van der Waals surface area contributed by atoms with Crippen molar-refractivity contribution in [1.29, 1.82) is 0 Å². The first-order valence-corrected chi connectivity index (χ1v) is 9.52. The summed E-state index contributed by atoms with van der Waals surface area (Å²) in [4.78, 5) is 32.7. The molecule has 28 heavy (non-hydrogen) atoms. The van der Waals surface area contributed by atoms with Gasteiger partial charge in [0.15, 0.2) is 0 Å². The van der Waals surface area contributed by atoms with Crippen LogP contribution in [0.5, 0.6) is 0 Å².